The van der Waals surface area contributed by atoms with Crippen LogP contribution in [0, 0.1) is 24.2 Å². The van der Waals surface area contributed by atoms with Crippen molar-refractivity contribution in [2.75, 3.05) is 24.5 Å². The largest absolute Gasteiger partial charge is 0.481 e. The number of amides is 1. The van der Waals surface area contributed by atoms with Crippen LogP contribution >= 0.6 is 24.0 Å². The third-order valence-electron chi connectivity index (χ3n) is 9.53. The van der Waals surface area contributed by atoms with Crippen molar-refractivity contribution in [3.63, 3.8) is 0 Å². The number of anilines is 1. The highest BCUT2D eigenvalue weighted by Crippen LogP contribution is 2.37. The first-order valence-electron chi connectivity index (χ1n) is 17.7. The molecule has 2 saturated heterocycles. The molecule has 1 aromatic heterocycles. The molecule has 0 radical (unpaired) electrons. The van der Waals surface area contributed by atoms with Crippen LogP contribution in [0.15, 0.2) is 40.0 Å². The van der Waals surface area contributed by atoms with Gasteiger partial charge in [-0.3, -0.25) is 23.9 Å². The Labute approximate surface area is 295 Å². The molecule has 0 unspecified atom stereocenters. The van der Waals surface area contributed by atoms with Gasteiger partial charge in [-0.1, -0.05) is 106 Å². The van der Waals surface area contributed by atoms with Gasteiger partial charge in [0.1, 0.15) is 21.8 Å². The number of nitrogens with zero attached hydrogens (tertiary/aromatic N) is 4. The van der Waals surface area contributed by atoms with Crippen molar-refractivity contribution in [1.29, 1.82) is 5.26 Å². The first kappa shape index (κ1) is 37.4. The lowest BCUT2D eigenvalue weighted by molar-refractivity contribution is -0.137. The molecular weight excluding hydrogens is 641 g/mol. The normalized spacial score (nSPS) is 16.2. The standard InChI is InChI=1S/C38H50N4O4S2/c1-3-4-21-41-35(40-23-19-30(20-24-40)25-29-16-12-11-13-17-29)31(28(2)32(27-39)36(41)45)26-33-37(46)42(38(47)48-33)22-15-10-8-6-5-7-9-14-18-34(43)44/h11-13,16-17,26,30H,3-10,14-15,18-25H2,1-2H3,(H,43,44)/b33-26+. The van der Waals surface area contributed by atoms with Gasteiger partial charge in [0.25, 0.3) is 11.5 Å². The van der Waals surface area contributed by atoms with Gasteiger partial charge in [0.15, 0.2) is 0 Å². The quantitative estimate of drug-likeness (QED) is 0.0951. The summed E-state index contributed by atoms with van der Waals surface area (Å²) in [6, 6.07) is 12.8. The lowest BCUT2D eigenvalue weighted by Crippen LogP contribution is -2.40. The van der Waals surface area contributed by atoms with Crippen molar-refractivity contribution in [2.45, 2.75) is 110 Å². The molecule has 4 rings (SSSR count). The number of thiocarbonyl (C=S) groups is 1. The summed E-state index contributed by atoms with van der Waals surface area (Å²) < 4.78 is 2.33. The Morgan fingerprint density at radius 3 is 2.27 bits per heavy atom. The SMILES string of the molecule is CCCCn1c(N2CCC(Cc3ccccc3)CC2)c(/C=C2/SC(=S)N(CCCCCCCCCCC(=O)O)C2=O)c(C)c(C#N)c1=O. The number of carbonyl (C=O) groups excluding carboxylic acids is 1. The predicted octanol–water partition coefficient (Wildman–Crippen LogP) is 8.08. The Balaban J connectivity index is 1.48. The fourth-order valence-electron chi connectivity index (χ4n) is 6.74. The van der Waals surface area contributed by atoms with Crippen LogP contribution in [-0.4, -0.2) is 50.4 Å². The average molecular weight is 691 g/mol. The summed E-state index contributed by atoms with van der Waals surface area (Å²) >= 11 is 6.97. The van der Waals surface area contributed by atoms with Crippen LogP contribution in [0.25, 0.3) is 6.08 Å². The van der Waals surface area contributed by atoms with E-state index < -0.39 is 5.97 Å². The molecule has 8 nitrogen and oxygen atoms in total. The number of carboxylic acids is 1. The maximum atomic E-state index is 13.7. The molecule has 0 bridgehead atoms. The maximum absolute atomic E-state index is 13.7. The third kappa shape index (κ3) is 10.1. The number of thioether (sulfide) groups is 1. The Kier molecular flexibility index (Phi) is 14.8. The summed E-state index contributed by atoms with van der Waals surface area (Å²) in [7, 11) is 0. The van der Waals surface area contributed by atoms with E-state index in [0.29, 0.717) is 33.8 Å². The molecule has 1 aromatic carbocycles. The summed E-state index contributed by atoms with van der Waals surface area (Å²) in [5, 5.41) is 18.8. The number of rotatable bonds is 18. The number of unbranched alkanes of at least 4 members (excludes halogenated alkanes) is 8. The second-order valence-electron chi connectivity index (χ2n) is 13.1. The number of nitriles is 1. The van der Waals surface area contributed by atoms with E-state index in [-0.39, 0.29) is 23.5 Å². The molecule has 1 N–H and O–H groups in total. The monoisotopic (exact) mass is 690 g/mol. The molecular formula is C38H50N4O4S2. The number of hydrogen-bond acceptors (Lipinski definition) is 7. The maximum Gasteiger partial charge on any atom is 0.303 e. The molecule has 2 fully saturated rings. The van der Waals surface area contributed by atoms with Crippen molar-refractivity contribution in [1.82, 2.24) is 9.47 Å². The zero-order chi connectivity index (χ0) is 34.5. The molecule has 3 heterocycles. The first-order chi connectivity index (χ1) is 23.2. The van der Waals surface area contributed by atoms with Gasteiger partial charge in [-0.15, -0.1) is 0 Å². The minimum absolute atomic E-state index is 0.111. The number of pyridine rings is 1. The van der Waals surface area contributed by atoms with E-state index in [1.807, 2.05) is 19.1 Å². The third-order valence-corrected chi connectivity index (χ3v) is 10.9. The number of benzene rings is 1. The van der Waals surface area contributed by atoms with Crippen LogP contribution in [-0.2, 0) is 22.6 Å². The van der Waals surface area contributed by atoms with Gasteiger partial charge in [-0.2, -0.15) is 5.26 Å². The summed E-state index contributed by atoms with van der Waals surface area (Å²) in [6.45, 7) is 6.62. The molecule has 0 spiro atoms. The molecule has 0 aliphatic carbocycles. The van der Waals surface area contributed by atoms with Gasteiger partial charge in [-0.05, 0) is 68.6 Å². The second-order valence-corrected chi connectivity index (χ2v) is 14.8. The van der Waals surface area contributed by atoms with E-state index in [4.69, 9.17) is 17.3 Å². The van der Waals surface area contributed by atoms with Crippen molar-refractivity contribution >= 4 is 52.1 Å². The van der Waals surface area contributed by atoms with E-state index in [1.54, 1.807) is 9.47 Å². The van der Waals surface area contributed by atoms with Crippen molar-refractivity contribution in [3.8, 4) is 6.07 Å². The van der Waals surface area contributed by atoms with Gasteiger partial charge in [0.05, 0.1) is 4.91 Å². The topological polar surface area (TPSA) is 107 Å². The zero-order valence-corrected chi connectivity index (χ0v) is 30.2. The van der Waals surface area contributed by atoms with Crippen LogP contribution in [0.3, 0.4) is 0 Å². The van der Waals surface area contributed by atoms with E-state index in [9.17, 15) is 19.6 Å². The number of aromatic nitrogens is 1. The van der Waals surface area contributed by atoms with Gasteiger partial charge < -0.3 is 10.0 Å². The molecule has 0 saturated carbocycles. The van der Waals surface area contributed by atoms with E-state index in [1.165, 1.54) is 17.3 Å². The second kappa shape index (κ2) is 18.9. The minimum atomic E-state index is -0.728. The Morgan fingerprint density at radius 1 is 1.00 bits per heavy atom. The lowest BCUT2D eigenvalue weighted by atomic mass is 9.90. The number of piperidine rings is 1. The number of aliphatic carboxylic acids is 1. The fraction of sp³-hybridized carbons (Fsp3) is 0.553. The van der Waals surface area contributed by atoms with Gasteiger partial charge in [-0.25, -0.2) is 0 Å². The Bertz CT molecular complexity index is 1550. The van der Waals surface area contributed by atoms with E-state index >= 15 is 0 Å². The van der Waals surface area contributed by atoms with Crippen LogP contribution in [0.1, 0.15) is 113 Å². The Hall–Kier alpha value is -3.42. The molecule has 1 amide bonds. The zero-order valence-electron chi connectivity index (χ0n) is 28.5. The fourth-order valence-corrected chi connectivity index (χ4v) is 8.03. The molecule has 2 aliphatic rings. The van der Waals surface area contributed by atoms with Crippen LogP contribution in [0.5, 0.6) is 0 Å². The molecule has 10 heteroatoms. The van der Waals surface area contributed by atoms with E-state index in [2.05, 4.69) is 42.2 Å². The highest BCUT2D eigenvalue weighted by atomic mass is 32.2. The molecule has 0 atom stereocenters. The average Bonchev–Trinajstić information content (AvgIpc) is 3.34. The predicted molar refractivity (Wildman–Crippen MR) is 199 cm³/mol. The number of hydrogen-bond donors (Lipinski definition) is 1. The molecule has 2 aromatic rings. The van der Waals surface area contributed by atoms with Gasteiger partial charge in [0.2, 0.25) is 0 Å². The van der Waals surface area contributed by atoms with Gasteiger partial charge >= 0.3 is 5.97 Å². The highest BCUT2D eigenvalue weighted by Gasteiger charge is 2.33. The van der Waals surface area contributed by atoms with Crippen molar-refractivity contribution in [3.05, 3.63) is 67.8 Å². The van der Waals surface area contributed by atoms with E-state index in [0.717, 1.165) is 108 Å². The van der Waals surface area contributed by atoms with Crippen LogP contribution in [0.4, 0.5) is 5.82 Å². The minimum Gasteiger partial charge on any atom is -0.481 e. The lowest BCUT2D eigenvalue weighted by Gasteiger charge is -2.36. The summed E-state index contributed by atoms with van der Waals surface area (Å²) in [5.41, 5.74) is 2.61. The van der Waals surface area contributed by atoms with Gasteiger partial charge in [0, 0.05) is 38.2 Å². The molecule has 48 heavy (non-hydrogen) atoms. The first-order valence-corrected chi connectivity index (χ1v) is 18.9. The van der Waals surface area contributed by atoms with Crippen molar-refractivity contribution in [2.24, 2.45) is 5.92 Å². The number of carbonyl (C=O) groups is 2. The summed E-state index contributed by atoms with van der Waals surface area (Å²) in [4.78, 5) is 42.6. The number of carboxylic acid groups (broad SMARTS) is 1. The van der Waals surface area contributed by atoms with Crippen molar-refractivity contribution < 1.29 is 14.7 Å². The summed E-state index contributed by atoms with van der Waals surface area (Å²) in [5.74, 6) is 0.535. The summed E-state index contributed by atoms with van der Waals surface area (Å²) in [6.07, 6.45) is 14.8. The molecule has 258 valence electrons. The smallest absolute Gasteiger partial charge is 0.303 e. The van der Waals surface area contributed by atoms with Crippen LogP contribution < -0.4 is 10.5 Å². The highest BCUT2D eigenvalue weighted by molar-refractivity contribution is 8.26. The molecule has 2 aliphatic heterocycles. The van der Waals surface area contributed by atoms with Crippen LogP contribution in [0.2, 0.25) is 0 Å². The Morgan fingerprint density at radius 2 is 1.65 bits per heavy atom.